The van der Waals surface area contributed by atoms with Gasteiger partial charge in [0.2, 0.25) is 23.6 Å². The van der Waals surface area contributed by atoms with Crippen molar-refractivity contribution >= 4 is 47.3 Å². The van der Waals surface area contributed by atoms with Crippen LogP contribution < -0.4 is 38.9 Å². The number of hydrogen-bond donors (Lipinski definition) is 8. The Morgan fingerprint density at radius 1 is 0.875 bits per heavy atom. The zero-order valence-corrected chi connectivity index (χ0v) is 23.3. The lowest BCUT2D eigenvalue weighted by molar-refractivity contribution is -0.142. The number of carboxylic acids is 1. The number of nitrogens with two attached hydrogens (primary N) is 4. The van der Waals surface area contributed by atoms with E-state index in [9.17, 15) is 29.1 Å². The van der Waals surface area contributed by atoms with Crippen LogP contribution in [-0.2, 0) is 30.4 Å². The van der Waals surface area contributed by atoms with Crippen molar-refractivity contribution in [2.45, 2.75) is 62.7 Å². The number of nitrogens with zero attached hydrogens (tertiary/aromatic N) is 1. The number of primary amides is 1. The highest BCUT2D eigenvalue weighted by Crippen LogP contribution is 2.08. The van der Waals surface area contributed by atoms with Gasteiger partial charge < -0.3 is 44.0 Å². The lowest BCUT2D eigenvalue weighted by atomic mass is 10.0. The van der Waals surface area contributed by atoms with Crippen molar-refractivity contribution in [2.24, 2.45) is 27.9 Å². The third-order valence-corrected chi connectivity index (χ3v) is 6.40. The van der Waals surface area contributed by atoms with E-state index < -0.39 is 53.8 Å². The molecular formula is C25H40N8O6S. The molecule has 0 fully saturated rings. The van der Waals surface area contributed by atoms with E-state index in [4.69, 9.17) is 22.9 Å². The van der Waals surface area contributed by atoms with Crippen LogP contribution in [-0.4, -0.2) is 83.4 Å². The second-order valence-electron chi connectivity index (χ2n) is 9.05. The quantitative estimate of drug-likeness (QED) is 0.0515. The second-order valence-corrected chi connectivity index (χ2v) is 10.0. The highest BCUT2D eigenvalue weighted by molar-refractivity contribution is 7.98. The van der Waals surface area contributed by atoms with E-state index in [1.165, 1.54) is 11.8 Å². The second kappa shape index (κ2) is 18.4. The predicted octanol–water partition coefficient (Wildman–Crippen LogP) is -1.83. The van der Waals surface area contributed by atoms with Crippen molar-refractivity contribution in [3.8, 4) is 0 Å². The molecular weight excluding hydrogens is 540 g/mol. The summed E-state index contributed by atoms with van der Waals surface area (Å²) in [6.45, 7) is 0.280. The van der Waals surface area contributed by atoms with Gasteiger partial charge in [-0.3, -0.25) is 24.2 Å². The van der Waals surface area contributed by atoms with Crippen LogP contribution in [0.25, 0.3) is 0 Å². The minimum atomic E-state index is -1.28. The number of amides is 4. The van der Waals surface area contributed by atoms with E-state index in [1.807, 2.05) is 0 Å². The van der Waals surface area contributed by atoms with E-state index in [0.717, 1.165) is 5.56 Å². The zero-order chi connectivity index (χ0) is 30.1. The number of hydrogen-bond acceptors (Lipinski definition) is 8. The van der Waals surface area contributed by atoms with E-state index >= 15 is 0 Å². The Bertz CT molecular complexity index is 1020. The molecule has 0 aliphatic carbocycles. The first-order valence-electron chi connectivity index (χ1n) is 12.7. The molecule has 0 aliphatic heterocycles. The van der Waals surface area contributed by atoms with Gasteiger partial charge >= 0.3 is 5.97 Å². The molecule has 0 spiro atoms. The van der Waals surface area contributed by atoms with Gasteiger partial charge in [0.1, 0.15) is 18.1 Å². The summed E-state index contributed by atoms with van der Waals surface area (Å²) in [6, 6.07) is 4.31. The van der Waals surface area contributed by atoms with Gasteiger partial charge in [-0.1, -0.05) is 30.3 Å². The molecule has 40 heavy (non-hydrogen) atoms. The minimum Gasteiger partial charge on any atom is -0.480 e. The van der Waals surface area contributed by atoms with Crippen LogP contribution in [0.5, 0.6) is 0 Å². The van der Waals surface area contributed by atoms with Crippen molar-refractivity contribution in [3.05, 3.63) is 35.9 Å². The number of benzene rings is 1. The fourth-order valence-electron chi connectivity index (χ4n) is 3.58. The van der Waals surface area contributed by atoms with Gasteiger partial charge in [0.25, 0.3) is 0 Å². The molecule has 4 atom stereocenters. The molecule has 0 bridgehead atoms. The lowest BCUT2D eigenvalue weighted by Gasteiger charge is -2.25. The first-order valence-corrected chi connectivity index (χ1v) is 14.1. The largest absolute Gasteiger partial charge is 0.480 e. The van der Waals surface area contributed by atoms with Crippen molar-refractivity contribution in [1.29, 1.82) is 0 Å². The van der Waals surface area contributed by atoms with Crippen LogP contribution in [0.1, 0.15) is 37.7 Å². The standard InChI is InChI=1S/C25H40N8O6S/c1-40-13-11-18(24(38)39)32-22(36)17(9-10-20(27)34)31-23(37)19(14-15-6-3-2-4-7-15)33-21(35)16(26)8-5-12-30-25(28)29/h2-4,6-7,16-19H,5,8-14,26H2,1H3,(H2,27,34)(H,31,37)(H,32,36)(H,33,35)(H,38,39)(H4,28,29,30). The summed E-state index contributed by atoms with van der Waals surface area (Å²) in [4.78, 5) is 66.0. The van der Waals surface area contributed by atoms with Gasteiger partial charge in [-0.05, 0) is 43.3 Å². The number of rotatable bonds is 19. The Labute approximate surface area is 237 Å². The molecule has 222 valence electrons. The maximum absolute atomic E-state index is 13.4. The monoisotopic (exact) mass is 580 g/mol. The fraction of sp³-hybridized carbons (Fsp3) is 0.520. The number of carboxylic acid groups (broad SMARTS) is 1. The summed E-state index contributed by atoms with van der Waals surface area (Å²) in [5.41, 5.74) is 22.6. The zero-order valence-electron chi connectivity index (χ0n) is 22.5. The van der Waals surface area contributed by atoms with Crippen molar-refractivity contribution in [3.63, 3.8) is 0 Å². The smallest absolute Gasteiger partial charge is 0.326 e. The normalized spacial score (nSPS) is 13.7. The van der Waals surface area contributed by atoms with Crippen LogP contribution in [0.15, 0.2) is 35.3 Å². The first-order chi connectivity index (χ1) is 18.9. The Balaban J connectivity index is 3.07. The molecule has 0 saturated carbocycles. The lowest BCUT2D eigenvalue weighted by Crippen LogP contribution is -2.57. The third-order valence-electron chi connectivity index (χ3n) is 5.76. The summed E-state index contributed by atoms with van der Waals surface area (Å²) in [5, 5.41) is 17.1. The van der Waals surface area contributed by atoms with Gasteiger partial charge in [-0.2, -0.15) is 11.8 Å². The van der Waals surface area contributed by atoms with Crippen LogP contribution in [0.4, 0.5) is 0 Å². The Kier molecular flexibility index (Phi) is 15.8. The molecule has 4 amide bonds. The van der Waals surface area contributed by atoms with E-state index in [2.05, 4.69) is 20.9 Å². The van der Waals surface area contributed by atoms with Crippen LogP contribution in [0, 0.1) is 0 Å². The fourth-order valence-corrected chi connectivity index (χ4v) is 4.05. The van der Waals surface area contributed by atoms with Crippen molar-refractivity contribution in [1.82, 2.24) is 16.0 Å². The minimum absolute atomic E-state index is 0.0773. The molecule has 0 radical (unpaired) electrons. The van der Waals surface area contributed by atoms with Crippen LogP contribution in [0.3, 0.4) is 0 Å². The van der Waals surface area contributed by atoms with Crippen molar-refractivity contribution in [2.75, 3.05) is 18.6 Å². The Hall–Kier alpha value is -3.85. The number of nitrogens with one attached hydrogen (secondary N) is 3. The van der Waals surface area contributed by atoms with Crippen LogP contribution in [0.2, 0.25) is 0 Å². The van der Waals surface area contributed by atoms with Crippen molar-refractivity contribution < 1.29 is 29.1 Å². The number of carbonyl (C=O) groups excluding carboxylic acids is 4. The molecule has 0 heterocycles. The summed E-state index contributed by atoms with van der Waals surface area (Å²) < 4.78 is 0. The van der Waals surface area contributed by atoms with E-state index in [0.29, 0.717) is 12.2 Å². The molecule has 12 N–H and O–H groups in total. The van der Waals surface area contributed by atoms with Gasteiger partial charge in [0.05, 0.1) is 6.04 Å². The number of carbonyl (C=O) groups is 5. The molecule has 1 aromatic rings. The third kappa shape index (κ3) is 13.8. The Morgan fingerprint density at radius 2 is 1.48 bits per heavy atom. The van der Waals surface area contributed by atoms with E-state index in [-0.39, 0.29) is 44.6 Å². The van der Waals surface area contributed by atoms with Crippen LogP contribution >= 0.6 is 11.8 Å². The first kappa shape index (κ1) is 34.2. The van der Waals surface area contributed by atoms with E-state index in [1.54, 1.807) is 36.6 Å². The molecule has 1 rings (SSSR count). The topological polar surface area (TPSA) is 258 Å². The predicted molar refractivity (Wildman–Crippen MR) is 153 cm³/mol. The number of aliphatic carboxylic acids is 1. The maximum atomic E-state index is 13.4. The molecule has 15 heteroatoms. The maximum Gasteiger partial charge on any atom is 0.326 e. The molecule has 0 saturated heterocycles. The number of guanidine groups is 1. The molecule has 0 aliphatic rings. The summed E-state index contributed by atoms with van der Waals surface area (Å²) in [6.07, 6.45) is 2.31. The number of thioether (sulfide) groups is 1. The highest BCUT2D eigenvalue weighted by Gasteiger charge is 2.30. The molecule has 1 aromatic carbocycles. The van der Waals surface area contributed by atoms with Gasteiger partial charge in [0.15, 0.2) is 5.96 Å². The summed E-state index contributed by atoms with van der Waals surface area (Å²) in [5.74, 6) is -3.63. The van der Waals surface area contributed by atoms with Gasteiger partial charge in [-0.25, -0.2) is 4.79 Å². The highest BCUT2D eigenvalue weighted by atomic mass is 32.2. The van der Waals surface area contributed by atoms with Gasteiger partial charge in [0, 0.05) is 19.4 Å². The number of aliphatic imine (C=N–C) groups is 1. The summed E-state index contributed by atoms with van der Waals surface area (Å²) in [7, 11) is 0. The Morgan fingerprint density at radius 3 is 2.05 bits per heavy atom. The molecule has 14 nitrogen and oxygen atoms in total. The summed E-state index contributed by atoms with van der Waals surface area (Å²) >= 11 is 1.41. The molecule has 4 unspecified atom stereocenters. The SMILES string of the molecule is CSCCC(NC(=O)C(CCC(N)=O)NC(=O)C(Cc1ccccc1)NC(=O)C(N)CCCN=C(N)N)C(=O)O. The molecule has 0 aromatic heterocycles. The average Bonchev–Trinajstić information content (AvgIpc) is 2.90. The average molecular weight is 581 g/mol. The van der Waals surface area contributed by atoms with Gasteiger partial charge in [-0.15, -0.1) is 0 Å².